The molecule has 2 fully saturated rings. The minimum atomic E-state index is -1.06. The van der Waals surface area contributed by atoms with Crippen LogP contribution in [0.25, 0.3) is 0 Å². The summed E-state index contributed by atoms with van der Waals surface area (Å²) in [4.78, 5) is 30.7. The molecule has 0 saturated carbocycles. The molecule has 254 valence electrons. The van der Waals surface area contributed by atoms with Crippen molar-refractivity contribution in [1.82, 2.24) is 20.4 Å². The number of nitrogens with zero attached hydrogens (tertiary/aromatic N) is 3. The van der Waals surface area contributed by atoms with E-state index in [2.05, 4.69) is 43.2 Å². The second-order valence-electron chi connectivity index (χ2n) is 14.7. The van der Waals surface area contributed by atoms with Gasteiger partial charge >= 0.3 is 0 Å². The van der Waals surface area contributed by atoms with Crippen molar-refractivity contribution >= 4 is 18.0 Å². The monoisotopic (exact) mass is 630 g/mol. The van der Waals surface area contributed by atoms with Gasteiger partial charge in [0.15, 0.2) is 18.4 Å². The van der Waals surface area contributed by atoms with Gasteiger partial charge in [-0.25, -0.2) is 8.97 Å². The number of likely N-dealkylation sites (tertiary alicyclic amines) is 2. The first-order valence-corrected chi connectivity index (χ1v) is 17.6. The number of hydrogen-bond donors (Lipinski definition) is 4. The van der Waals surface area contributed by atoms with E-state index in [1.807, 2.05) is 16.4 Å². The number of allylic oxidation sites excluding steroid dienone is 2. The molecule has 0 bridgehead atoms. The zero-order valence-corrected chi connectivity index (χ0v) is 28.9. The Kier molecular flexibility index (Phi) is 11.8. The average Bonchev–Trinajstić information content (AvgIpc) is 3.03. The fourth-order valence-electron chi connectivity index (χ4n) is 8.10. The molecular weight excluding hydrogens is 569 g/mol. The normalized spacial score (nSPS) is 28.2. The van der Waals surface area contributed by atoms with Gasteiger partial charge in [0.2, 0.25) is 11.8 Å². The molecule has 0 aliphatic carbocycles. The molecule has 4 rings (SSSR count). The topological polar surface area (TPSA) is 120 Å². The minimum Gasteiger partial charge on any atom is -0.383 e. The van der Waals surface area contributed by atoms with Crippen LogP contribution >= 0.6 is 0 Å². The van der Waals surface area contributed by atoms with Crippen molar-refractivity contribution in [3.05, 3.63) is 22.7 Å². The molecule has 4 aliphatic heterocycles. The van der Waals surface area contributed by atoms with Crippen molar-refractivity contribution in [2.75, 3.05) is 39.3 Å². The maximum atomic E-state index is 15.1. The van der Waals surface area contributed by atoms with E-state index in [0.29, 0.717) is 19.5 Å². The third-order valence-electron chi connectivity index (χ3n) is 11.3. The van der Waals surface area contributed by atoms with Gasteiger partial charge in [-0.3, -0.25) is 9.59 Å². The van der Waals surface area contributed by atoms with E-state index in [-0.39, 0.29) is 28.7 Å². The molecule has 10 heteroatoms. The summed E-state index contributed by atoms with van der Waals surface area (Å²) in [5, 5.41) is 6.90. The molecule has 4 aliphatic rings. The minimum absolute atomic E-state index is 0.0450. The second kappa shape index (κ2) is 15.0. The highest BCUT2D eigenvalue weighted by atomic mass is 19.1. The van der Waals surface area contributed by atoms with Crippen LogP contribution in [-0.4, -0.2) is 90.1 Å². The first kappa shape index (κ1) is 35.4. The largest absolute Gasteiger partial charge is 0.383 e. The Labute approximate surface area is 271 Å². The Bertz CT molecular complexity index is 1160. The van der Waals surface area contributed by atoms with Gasteiger partial charge in [0.1, 0.15) is 12.5 Å². The van der Waals surface area contributed by atoms with Crippen LogP contribution in [0.1, 0.15) is 106 Å². The summed E-state index contributed by atoms with van der Waals surface area (Å²) in [6.45, 7) is 17.0. The number of nitrogens with one attached hydrogen (secondary N) is 2. The number of unbranched alkanes of at least 4 members (excludes halogenated alkanes) is 1. The Hall–Kier alpha value is -2.46. The maximum absolute atomic E-state index is 15.1. The number of carbonyl (C=O) groups is 2. The Morgan fingerprint density at radius 1 is 1.18 bits per heavy atom. The molecule has 1 spiro atoms. The summed E-state index contributed by atoms with van der Waals surface area (Å²) < 4.78 is 17.1. The fraction of sp³-hybridized carbons (Fsp3) is 0.800. The molecule has 4 unspecified atom stereocenters. The number of hydrogen-bond acceptors (Lipinski definition) is 6. The zero-order valence-electron chi connectivity index (χ0n) is 28.9. The molecule has 6 N–H and O–H groups in total. The lowest BCUT2D eigenvalue weighted by molar-refractivity contribution is -0.570. The van der Waals surface area contributed by atoms with Crippen molar-refractivity contribution in [3.63, 3.8) is 0 Å². The summed E-state index contributed by atoms with van der Waals surface area (Å²) in [5.74, 6) is -0.750. The molecule has 2 saturated heterocycles. The van der Waals surface area contributed by atoms with E-state index in [9.17, 15) is 9.59 Å². The summed E-state index contributed by atoms with van der Waals surface area (Å²) in [6.07, 6.45) is 8.71. The molecule has 0 aromatic heterocycles. The fourth-order valence-corrected chi connectivity index (χ4v) is 8.10. The van der Waals surface area contributed by atoms with E-state index < -0.39 is 18.3 Å². The van der Waals surface area contributed by atoms with Gasteiger partial charge in [-0.05, 0) is 69.8 Å². The van der Waals surface area contributed by atoms with Gasteiger partial charge < -0.3 is 31.9 Å². The molecule has 0 radical (unpaired) electrons. The Balaban J connectivity index is 1.66. The number of alkyl halides is 1. The number of carbonyl (C=O) groups excluding carboxylic acids is 2. The first-order chi connectivity index (χ1) is 21.4. The van der Waals surface area contributed by atoms with Crippen LogP contribution in [0.15, 0.2) is 22.7 Å². The highest BCUT2D eigenvalue weighted by Crippen LogP contribution is 2.43. The van der Waals surface area contributed by atoms with Crippen LogP contribution in [0.4, 0.5) is 4.39 Å². The highest BCUT2D eigenvalue weighted by molar-refractivity contribution is 5.82. The predicted octanol–water partition coefficient (Wildman–Crippen LogP) is 3.99. The SMILES string of the molecule is CCCCC1=C(C)NCC(NC(=O)C(C(N)N)C2CC(C)(CC)CCCC(F)C=[N+]2CC)=C1N1CCC2(CC1)CN(C(C)=O)C2. The standard InChI is InChI=1S/C35H60FN7O2/c1-7-10-13-27-24(4)39-20-28(31(27)42-17-15-35(16-18-42)22-43(23-35)25(5)44)40-33(45)30(32(37)38)29-19-34(6,8-2)14-11-12-26(36)21-41(29)9-3/h21,26,29-30,32,39H,7-20,22-23,37-38H2,1-6H3/p+1. The first-order valence-electron chi connectivity index (χ1n) is 17.6. The molecule has 0 aromatic rings. The van der Waals surface area contributed by atoms with Crippen LogP contribution in [0.5, 0.6) is 0 Å². The van der Waals surface area contributed by atoms with Crippen LogP contribution in [0.3, 0.4) is 0 Å². The number of rotatable bonds is 10. The number of dihydropyridines is 1. The van der Waals surface area contributed by atoms with Gasteiger partial charge in [-0.15, -0.1) is 0 Å². The van der Waals surface area contributed by atoms with Gasteiger partial charge in [-0.2, -0.15) is 0 Å². The lowest BCUT2D eigenvalue weighted by atomic mass is 9.71. The van der Waals surface area contributed by atoms with Crippen LogP contribution in [0, 0.1) is 16.7 Å². The average molecular weight is 631 g/mol. The van der Waals surface area contributed by atoms with Crippen LogP contribution in [-0.2, 0) is 9.59 Å². The third-order valence-corrected chi connectivity index (χ3v) is 11.3. The van der Waals surface area contributed by atoms with Gasteiger partial charge in [-0.1, -0.05) is 33.6 Å². The smallest absolute Gasteiger partial charge is 0.237 e. The lowest BCUT2D eigenvalue weighted by Gasteiger charge is -2.54. The summed E-state index contributed by atoms with van der Waals surface area (Å²) in [7, 11) is 0. The highest BCUT2D eigenvalue weighted by Gasteiger charge is 2.47. The van der Waals surface area contributed by atoms with Crippen molar-refractivity contribution < 1.29 is 18.6 Å². The maximum Gasteiger partial charge on any atom is 0.237 e. The number of halogens is 1. The van der Waals surface area contributed by atoms with E-state index in [0.717, 1.165) is 101 Å². The predicted molar refractivity (Wildman–Crippen MR) is 179 cm³/mol. The van der Waals surface area contributed by atoms with Crippen molar-refractivity contribution in [2.45, 2.75) is 124 Å². The van der Waals surface area contributed by atoms with E-state index in [1.165, 1.54) is 5.57 Å². The molecule has 2 amide bonds. The Morgan fingerprint density at radius 3 is 2.44 bits per heavy atom. The third kappa shape index (κ3) is 8.10. The molecule has 0 aromatic carbocycles. The molecule has 4 atom stereocenters. The lowest BCUT2D eigenvalue weighted by Crippen LogP contribution is -2.61. The van der Waals surface area contributed by atoms with Gasteiger partial charge in [0, 0.05) is 50.6 Å². The number of piperidine rings is 1. The summed E-state index contributed by atoms with van der Waals surface area (Å²) in [6, 6.07) is -0.313. The van der Waals surface area contributed by atoms with Crippen molar-refractivity contribution in [3.8, 4) is 0 Å². The van der Waals surface area contributed by atoms with Gasteiger partial charge in [0.25, 0.3) is 0 Å². The Morgan fingerprint density at radius 2 is 1.87 bits per heavy atom. The molecule has 4 heterocycles. The van der Waals surface area contributed by atoms with E-state index in [4.69, 9.17) is 11.5 Å². The van der Waals surface area contributed by atoms with Crippen molar-refractivity contribution in [2.24, 2.45) is 28.2 Å². The molecule has 45 heavy (non-hydrogen) atoms. The van der Waals surface area contributed by atoms with Crippen molar-refractivity contribution in [1.29, 1.82) is 0 Å². The molecular formula is C35H61FN7O2+. The van der Waals surface area contributed by atoms with E-state index in [1.54, 1.807) is 13.1 Å². The molecule has 9 nitrogen and oxygen atoms in total. The quantitative estimate of drug-likeness (QED) is 0.214. The number of amides is 2. The zero-order chi connectivity index (χ0) is 32.9. The van der Waals surface area contributed by atoms with Crippen LogP contribution < -0.4 is 22.1 Å². The summed E-state index contributed by atoms with van der Waals surface area (Å²) in [5.41, 5.74) is 17.5. The number of nitrogens with two attached hydrogens (primary N) is 2. The second-order valence-corrected chi connectivity index (χ2v) is 14.7. The van der Waals surface area contributed by atoms with E-state index >= 15 is 4.39 Å². The van der Waals surface area contributed by atoms with Crippen LogP contribution in [0.2, 0.25) is 0 Å². The van der Waals surface area contributed by atoms with Gasteiger partial charge in [0.05, 0.1) is 24.1 Å². The summed E-state index contributed by atoms with van der Waals surface area (Å²) >= 11 is 0.